The maximum atomic E-state index is 7.22. The van der Waals surface area contributed by atoms with E-state index in [0.29, 0.717) is 23.7 Å². The number of nitrogens with zero attached hydrogens (tertiary/aromatic N) is 2. The summed E-state index contributed by atoms with van der Waals surface area (Å²) >= 11 is -0.693. The zero-order valence-electron chi connectivity index (χ0n) is 25.3. The molecule has 216 valence electrons. The Morgan fingerprint density at radius 1 is 0.512 bits per heavy atom. The van der Waals surface area contributed by atoms with Crippen LogP contribution in [0.5, 0.6) is 0 Å². The molecule has 0 radical (unpaired) electrons. The Kier molecular flexibility index (Phi) is 7.57. The van der Waals surface area contributed by atoms with Gasteiger partial charge in [0.15, 0.2) is 0 Å². The van der Waals surface area contributed by atoms with E-state index in [0.717, 1.165) is 0 Å². The molecule has 1 aliphatic rings. The zero-order valence-corrected chi connectivity index (χ0v) is 28.2. The third-order valence-electron chi connectivity index (χ3n) is 8.60. The van der Waals surface area contributed by atoms with Crippen LogP contribution in [0, 0.1) is 3.63 Å². The molecule has 0 amide bonds. The van der Waals surface area contributed by atoms with Crippen LogP contribution in [0.15, 0.2) is 72.8 Å². The summed E-state index contributed by atoms with van der Waals surface area (Å²) in [5.41, 5.74) is 13.3. The summed E-state index contributed by atoms with van der Waals surface area (Å²) in [6.45, 7) is 18.5. The van der Waals surface area contributed by atoms with Gasteiger partial charge in [-0.1, -0.05) is 0 Å². The molecule has 1 aromatic heterocycles. The van der Waals surface area contributed by atoms with Crippen LogP contribution in [0.4, 0.5) is 0 Å². The average Bonchev–Trinajstić information content (AvgIpc) is 3.46. The fraction of sp³-hybridized carbons (Fsp3) is 0.324. The molecule has 0 aliphatic heterocycles. The van der Waals surface area contributed by atoms with Gasteiger partial charge in [-0.2, -0.15) is 0 Å². The van der Waals surface area contributed by atoms with Crippen molar-refractivity contribution in [2.24, 2.45) is 0 Å². The van der Waals surface area contributed by atoms with E-state index < -0.39 is 18.2 Å². The summed E-state index contributed by atoms with van der Waals surface area (Å²) in [5, 5.41) is 2.64. The molecule has 0 bridgehead atoms. The van der Waals surface area contributed by atoms with Crippen molar-refractivity contribution in [3.63, 3.8) is 0 Å². The molecular formula is C37H40AuClN2. The first kappa shape index (κ1) is 28.5. The van der Waals surface area contributed by atoms with Crippen molar-refractivity contribution in [2.75, 3.05) is 0 Å². The number of hydrogen-bond donors (Lipinski definition) is 0. The quantitative estimate of drug-likeness (QED) is 0.150. The number of halogens is 1. The number of hydrogen-bond acceptors (Lipinski definition) is 0. The van der Waals surface area contributed by atoms with Gasteiger partial charge in [0.05, 0.1) is 0 Å². The fourth-order valence-corrected chi connectivity index (χ4v) is 8.86. The van der Waals surface area contributed by atoms with Gasteiger partial charge in [-0.15, -0.1) is 0 Å². The van der Waals surface area contributed by atoms with Gasteiger partial charge >= 0.3 is 259 Å². The Morgan fingerprint density at radius 2 is 0.854 bits per heavy atom. The Labute approximate surface area is 257 Å². The molecule has 6 rings (SSSR count). The molecule has 0 spiro atoms. The van der Waals surface area contributed by atoms with E-state index in [1.165, 1.54) is 70.5 Å². The van der Waals surface area contributed by atoms with Crippen LogP contribution >= 0.6 is 9.19 Å². The second-order valence-corrected chi connectivity index (χ2v) is 14.9. The van der Waals surface area contributed by atoms with E-state index in [2.05, 4.69) is 137 Å². The van der Waals surface area contributed by atoms with Crippen LogP contribution in [0.25, 0.3) is 44.7 Å². The number of rotatable bonds is 6. The predicted octanol–water partition coefficient (Wildman–Crippen LogP) is 11.3. The second kappa shape index (κ2) is 10.9. The van der Waals surface area contributed by atoms with Crippen molar-refractivity contribution < 1.29 is 18.2 Å². The first-order valence-corrected chi connectivity index (χ1v) is 18.6. The number of para-hydroxylation sites is 2. The van der Waals surface area contributed by atoms with Crippen molar-refractivity contribution in [3.8, 4) is 33.9 Å². The van der Waals surface area contributed by atoms with Crippen molar-refractivity contribution in [3.05, 3.63) is 98.7 Å². The van der Waals surface area contributed by atoms with E-state index in [1.807, 2.05) is 0 Å². The van der Waals surface area contributed by atoms with Crippen LogP contribution in [0.2, 0.25) is 0 Å². The van der Waals surface area contributed by atoms with Crippen LogP contribution < -0.4 is 0 Å². The molecular weight excluding hydrogens is 705 g/mol. The molecule has 4 heteroatoms. The topological polar surface area (TPSA) is 9.86 Å². The minimum atomic E-state index is -0.693. The van der Waals surface area contributed by atoms with Gasteiger partial charge in [-0.3, -0.25) is 0 Å². The number of benzene rings is 4. The third kappa shape index (κ3) is 4.38. The third-order valence-corrected chi connectivity index (χ3v) is 10.8. The minimum absolute atomic E-state index is 0.379. The molecule has 4 aromatic carbocycles. The second-order valence-electron chi connectivity index (χ2n) is 12.6. The van der Waals surface area contributed by atoms with Crippen molar-refractivity contribution in [1.82, 2.24) is 9.13 Å². The van der Waals surface area contributed by atoms with E-state index in [4.69, 9.17) is 9.19 Å². The van der Waals surface area contributed by atoms with Gasteiger partial charge in [-0.05, 0) is 0 Å². The normalized spacial score (nSPS) is 12.6. The van der Waals surface area contributed by atoms with Gasteiger partial charge in [0, 0.05) is 0 Å². The van der Waals surface area contributed by atoms with Gasteiger partial charge < -0.3 is 0 Å². The predicted molar refractivity (Wildman–Crippen MR) is 172 cm³/mol. The van der Waals surface area contributed by atoms with E-state index in [1.54, 1.807) is 0 Å². The summed E-state index contributed by atoms with van der Waals surface area (Å²) in [4.78, 5) is 0. The van der Waals surface area contributed by atoms with Crippen LogP contribution in [0.1, 0.15) is 101 Å². The molecule has 0 saturated carbocycles. The molecule has 1 aliphatic carbocycles. The molecule has 2 nitrogen and oxygen atoms in total. The Bertz CT molecular complexity index is 1690. The summed E-state index contributed by atoms with van der Waals surface area (Å²) in [6.07, 6.45) is 0. The van der Waals surface area contributed by atoms with Gasteiger partial charge in [0.2, 0.25) is 0 Å². The Balaban J connectivity index is 1.91. The van der Waals surface area contributed by atoms with Gasteiger partial charge in [0.25, 0.3) is 0 Å². The molecule has 5 aromatic rings. The summed E-state index contributed by atoms with van der Waals surface area (Å²) < 4.78 is 6.39. The van der Waals surface area contributed by atoms with Crippen molar-refractivity contribution in [2.45, 2.75) is 79.1 Å². The summed E-state index contributed by atoms with van der Waals surface area (Å²) in [6, 6.07) is 27.3. The first-order chi connectivity index (χ1) is 19.7. The van der Waals surface area contributed by atoms with E-state index >= 15 is 0 Å². The van der Waals surface area contributed by atoms with E-state index in [9.17, 15) is 0 Å². The molecule has 0 saturated heterocycles. The molecule has 0 atom stereocenters. The zero-order chi connectivity index (χ0) is 29.2. The Hall–Kier alpha value is -2.62. The van der Waals surface area contributed by atoms with Crippen molar-refractivity contribution in [1.29, 1.82) is 0 Å². The SMILES string of the molecule is CC(C)c1cccc(C(C)C)c1-n1c2c(n(-c3c(C(C)C)cccc3C(C)C)[c]1=[Au][Cl])-c1cccc3cccc-2c13. The molecule has 0 N–H and O–H groups in total. The van der Waals surface area contributed by atoms with E-state index in [-0.39, 0.29) is 0 Å². The molecule has 0 fully saturated rings. The van der Waals surface area contributed by atoms with Crippen LogP contribution in [-0.2, 0) is 18.2 Å². The fourth-order valence-electron chi connectivity index (χ4n) is 6.69. The Morgan fingerprint density at radius 3 is 1.17 bits per heavy atom. The van der Waals surface area contributed by atoms with Gasteiger partial charge in [-0.25, -0.2) is 0 Å². The summed E-state index contributed by atoms with van der Waals surface area (Å²) in [7, 11) is 7.22. The van der Waals surface area contributed by atoms with Crippen LogP contribution in [-0.4, -0.2) is 9.13 Å². The average molecular weight is 745 g/mol. The molecule has 41 heavy (non-hydrogen) atoms. The van der Waals surface area contributed by atoms with Gasteiger partial charge in [0.1, 0.15) is 0 Å². The summed E-state index contributed by atoms with van der Waals surface area (Å²) in [5.74, 6) is 1.51. The standard InChI is InChI=1S/C37H40N2.Au.ClH/c1-22(2)27-15-11-16-28(23(3)4)34(27)38-21-39(35-29(24(5)6)17-12-18-30(35)25(7)8)37-32-20-10-14-26-13-9-19-31(33(26)32)36(37)38;;/h9-20,22-25H,1-8H3;;1H/q;+1;/p-1. The number of aromatic nitrogens is 2. The monoisotopic (exact) mass is 744 g/mol. The van der Waals surface area contributed by atoms with Crippen LogP contribution in [0.3, 0.4) is 0 Å². The van der Waals surface area contributed by atoms with Crippen molar-refractivity contribution >= 4 is 20.0 Å². The number of fused-ring (bicyclic) bond motifs is 3. The first-order valence-electron chi connectivity index (χ1n) is 14.9. The molecule has 1 heterocycles. The molecule has 0 unspecified atom stereocenters. The maximum absolute atomic E-state index is 7.22. The number of imidazole rings is 1.